The Labute approximate surface area is 108 Å². The molecule has 0 saturated heterocycles. The predicted molar refractivity (Wildman–Crippen MR) is 74.6 cm³/mol. The van der Waals surface area contributed by atoms with Crippen molar-refractivity contribution in [1.29, 1.82) is 0 Å². The first-order chi connectivity index (χ1) is 8.57. The molecule has 1 atom stereocenters. The molecule has 0 fully saturated rings. The average molecular weight is 246 g/mol. The molecule has 3 nitrogen and oxygen atoms in total. The first-order valence-electron chi connectivity index (χ1n) is 6.74. The fraction of sp³-hybridized carbons (Fsp3) is 0.533. The number of benzene rings is 1. The van der Waals surface area contributed by atoms with Gasteiger partial charge >= 0.3 is 0 Å². The van der Waals surface area contributed by atoms with Crippen LogP contribution in [-0.4, -0.2) is 20.3 Å². The summed E-state index contributed by atoms with van der Waals surface area (Å²) in [6.07, 6.45) is 2.41. The summed E-state index contributed by atoms with van der Waals surface area (Å²) in [6.45, 7) is 7.00. The molecule has 0 saturated carbocycles. The normalized spacial score (nSPS) is 14.9. The van der Waals surface area contributed by atoms with Gasteiger partial charge in [0.2, 0.25) is 0 Å². The summed E-state index contributed by atoms with van der Waals surface area (Å²) in [4.78, 5) is 4.65. The van der Waals surface area contributed by atoms with E-state index in [1.165, 1.54) is 0 Å². The highest BCUT2D eigenvalue weighted by atomic mass is 16.3. The fourth-order valence-corrected chi connectivity index (χ4v) is 2.58. The molecule has 0 bridgehead atoms. The highest BCUT2D eigenvalue weighted by Crippen LogP contribution is 2.22. The zero-order valence-electron chi connectivity index (χ0n) is 11.5. The minimum Gasteiger partial charge on any atom is -0.390 e. The third kappa shape index (κ3) is 2.56. The molecule has 18 heavy (non-hydrogen) atoms. The standard InChI is InChI=1S/C15H22N2O/c1-4-10-15(3,18)11-14-16-12-8-6-7-9-13(12)17(14)5-2/h6-9,18H,4-5,10-11H2,1-3H3. The molecule has 2 aromatic rings. The number of aromatic nitrogens is 2. The maximum atomic E-state index is 10.4. The summed E-state index contributed by atoms with van der Waals surface area (Å²) >= 11 is 0. The van der Waals surface area contributed by atoms with Crippen LogP contribution in [0.1, 0.15) is 39.4 Å². The fourth-order valence-electron chi connectivity index (χ4n) is 2.58. The van der Waals surface area contributed by atoms with Crippen molar-refractivity contribution < 1.29 is 5.11 Å². The number of rotatable bonds is 5. The molecule has 0 aliphatic carbocycles. The predicted octanol–water partition coefficient (Wildman–Crippen LogP) is 3.15. The quantitative estimate of drug-likeness (QED) is 0.880. The van der Waals surface area contributed by atoms with Crippen LogP contribution in [-0.2, 0) is 13.0 Å². The second-order valence-corrected chi connectivity index (χ2v) is 5.18. The van der Waals surface area contributed by atoms with Crippen LogP contribution in [0, 0.1) is 0 Å². The molecule has 0 amide bonds. The van der Waals surface area contributed by atoms with E-state index in [0.717, 1.165) is 36.2 Å². The van der Waals surface area contributed by atoms with Crippen LogP contribution in [0.15, 0.2) is 24.3 Å². The lowest BCUT2D eigenvalue weighted by Gasteiger charge is -2.22. The Morgan fingerprint density at radius 3 is 2.67 bits per heavy atom. The lowest BCUT2D eigenvalue weighted by Crippen LogP contribution is -2.28. The van der Waals surface area contributed by atoms with Crippen LogP contribution in [0.4, 0.5) is 0 Å². The van der Waals surface area contributed by atoms with Crippen molar-refractivity contribution in [2.75, 3.05) is 0 Å². The minimum atomic E-state index is -0.664. The van der Waals surface area contributed by atoms with Crippen LogP contribution in [0.3, 0.4) is 0 Å². The van der Waals surface area contributed by atoms with Gasteiger partial charge < -0.3 is 9.67 Å². The van der Waals surface area contributed by atoms with Crippen molar-refractivity contribution >= 4 is 11.0 Å². The molecular weight excluding hydrogens is 224 g/mol. The first kappa shape index (κ1) is 13.1. The number of nitrogens with zero attached hydrogens (tertiary/aromatic N) is 2. The van der Waals surface area contributed by atoms with Crippen molar-refractivity contribution in [3.8, 4) is 0 Å². The maximum Gasteiger partial charge on any atom is 0.112 e. The summed E-state index contributed by atoms with van der Waals surface area (Å²) in [6, 6.07) is 8.15. The van der Waals surface area contributed by atoms with Gasteiger partial charge in [-0.3, -0.25) is 0 Å². The highest BCUT2D eigenvalue weighted by molar-refractivity contribution is 5.75. The van der Waals surface area contributed by atoms with Gasteiger partial charge in [-0.15, -0.1) is 0 Å². The van der Waals surface area contributed by atoms with Crippen molar-refractivity contribution in [3.63, 3.8) is 0 Å². The van der Waals surface area contributed by atoms with Gasteiger partial charge in [-0.25, -0.2) is 4.98 Å². The second kappa shape index (κ2) is 5.11. The van der Waals surface area contributed by atoms with E-state index in [9.17, 15) is 5.11 Å². The van der Waals surface area contributed by atoms with Gasteiger partial charge in [0.25, 0.3) is 0 Å². The van der Waals surface area contributed by atoms with E-state index in [-0.39, 0.29) is 0 Å². The number of para-hydroxylation sites is 2. The zero-order chi connectivity index (χ0) is 13.2. The second-order valence-electron chi connectivity index (χ2n) is 5.18. The smallest absolute Gasteiger partial charge is 0.112 e. The molecule has 3 heteroatoms. The number of aliphatic hydroxyl groups is 1. The van der Waals surface area contributed by atoms with Crippen molar-refractivity contribution in [1.82, 2.24) is 9.55 Å². The van der Waals surface area contributed by atoms with Gasteiger partial charge in [-0.2, -0.15) is 0 Å². The van der Waals surface area contributed by atoms with Crippen molar-refractivity contribution in [2.45, 2.75) is 52.2 Å². The third-order valence-electron chi connectivity index (χ3n) is 3.38. The van der Waals surface area contributed by atoms with E-state index in [2.05, 4.69) is 29.5 Å². The molecule has 1 unspecified atom stereocenters. The summed E-state index contributed by atoms with van der Waals surface area (Å²) < 4.78 is 2.19. The molecule has 0 aliphatic rings. The Balaban J connectivity index is 2.38. The van der Waals surface area contributed by atoms with Crippen molar-refractivity contribution in [3.05, 3.63) is 30.1 Å². The Morgan fingerprint density at radius 2 is 2.00 bits per heavy atom. The van der Waals surface area contributed by atoms with Crippen LogP contribution < -0.4 is 0 Å². The van der Waals surface area contributed by atoms with E-state index in [1.54, 1.807) is 0 Å². The van der Waals surface area contributed by atoms with E-state index in [1.807, 2.05) is 25.1 Å². The Kier molecular flexibility index (Phi) is 3.71. The largest absolute Gasteiger partial charge is 0.390 e. The van der Waals surface area contributed by atoms with Gasteiger partial charge in [0.15, 0.2) is 0 Å². The first-order valence-corrected chi connectivity index (χ1v) is 6.74. The van der Waals surface area contributed by atoms with Crippen molar-refractivity contribution in [2.24, 2.45) is 0 Å². The monoisotopic (exact) mass is 246 g/mol. The number of fused-ring (bicyclic) bond motifs is 1. The van der Waals surface area contributed by atoms with E-state index >= 15 is 0 Å². The Morgan fingerprint density at radius 1 is 1.28 bits per heavy atom. The van der Waals surface area contributed by atoms with Gasteiger partial charge in [0.1, 0.15) is 5.82 Å². The molecule has 2 rings (SSSR count). The Hall–Kier alpha value is -1.35. The molecule has 98 valence electrons. The highest BCUT2D eigenvalue weighted by Gasteiger charge is 2.23. The molecule has 0 radical (unpaired) electrons. The zero-order valence-corrected chi connectivity index (χ0v) is 11.5. The van der Waals surface area contributed by atoms with E-state index in [4.69, 9.17) is 0 Å². The summed E-state index contributed by atoms with van der Waals surface area (Å²) in [7, 11) is 0. The summed E-state index contributed by atoms with van der Waals surface area (Å²) in [5.74, 6) is 0.983. The van der Waals surface area contributed by atoms with Gasteiger partial charge in [0, 0.05) is 13.0 Å². The van der Waals surface area contributed by atoms with Gasteiger partial charge in [0.05, 0.1) is 16.6 Å². The Bertz CT molecular complexity index is 528. The SMILES string of the molecule is CCCC(C)(O)Cc1nc2ccccc2n1CC. The molecule has 0 aliphatic heterocycles. The number of imidazole rings is 1. The molecule has 0 spiro atoms. The van der Waals surface area contributed by atoms with Crippen LogP contribution >= 0.6 is 0 Å². The number of aryl methyl sites for hydroxylation is 1. The molecule has 1 aromatic carbocycles. The van der Waals surface area contributed by atoms with Gasteiger partial charge in [-0.1, -0.05) is 25.5 Å². The molecule has 1 heterocycles. The van der Waals surface area contributed by atoms with Crippen LogP contribution in [0.5, 0.6) is 0 Å². The summed E-state index contributed by atoms with van der Waals surface area (Å²) in [5.41, 5.74) is 1.51. The third-order valence-corrected chi connectivity index (χ3v) is 3.38. The number of hydrogen-bond donors (Lipinski definition) is 1. The van der Waals surface area contributed by atoms with E-state index < -0.39 is 5.60 Å². The number of hydrogen-bond acceptors (Lipinski definition) is 2. The maximum absolute atomic E-state index is 10.4. The summed E-state index contributed by atoms with van der Waals surface area (Å²) in [5, 5.41) is 10.4. The van der Waals surface area contributed by atoms with Crippen LogP contribution in [0.25, 0.3) is 11.0 Å². The lowest BCUT2D eigenvalue weighted by atomic mass is 9.96. The molecule has 1 N–H and O–H groups in total. The van der Waals surface area contributed by atoms with Gasteiger partial charge in [-0.05, 0) is 32.4 Å². The lowest BCUT2D eigenvalue weighted by molar-refractivity contribution is 0.0478. The minimum absolute atomic E-state index is 0.614. The van der Waals surface area contributed by atoms with E-state index in [0.29, 0.717) is 6.42 Å². The average Bonchev–Trinajstić information content (AvgIpc) is 2.64. The topological polar surface area (TPSA) is 38.1 Å². The molecular formula is C15H22N2O. The van der Waals surface area contributed by atoms with Crippen LogP contribution in [0.2, 0.25) is 0 Å². The molecule has 1 aromatic heterocycles.